The summed E-state index contributed by atoms with van der Waals surface area (Å²) in [7, 11) is 0. The van der Waals surface area contributed by atoms with Gasteiger partial charge >= 0.3 is 0 Å². The minimum Gasteiger partial charge on any atom is -0.313 e. The molecule has 0 atom stereocenters. The Morgan fingerprint density at radius 3 is 2.44 bits per heavy atom. The number of aromatic amines is 1. The van der Waals surface area contributed by atoms with Gasteiger partial charge < -0.3 is 4.98 Å². The number of hydrogen-bond donors (Lipinski definition) is 1. The summed E-state index contributed by atoms with van der Waals surface area (Å²) >= 11 is 2.87. The monoisotopic (exact) mass is 369 g/mol. The summed E-state index contributed by atoms with van der Waals surface area (Å²) in [5.41, 5.74) is 1.68. The van der Waals surface area contributed by atoms with Crippen molar-refractivity contribution in [2.24, 2.45) is 0 Å². The van der Waals surface area contributed by atoms with Gasteiger partial charge in [-0.05, 0) is 28.5 Å². The van der Waals surface area contributed by atoms with Gasteiger partial charge in [0.25, 0.3) is 5.56 Å². The molecule has 0 unspecified atom stereocenters. The van der Waals surface area contributed by atoms with Crippen LogP contribution in [0, 0.1) is 0 Å². The second-order valence-electron chi connectivity index (χ2n) is 6.78. The molecule has 5 heteroatoms. The molecule has 0 aliphatic rings. The van der Waals surface area contributed by atoms with E-state index in [1.165, 1.54) is 23.0 Å². The predicted octanol–water partition coefficient (Wildman–Crippen LogP) is 3.29. The number of aromatic nitrogens is 1. The molecule has 0 aliphatic heterocycles. The highest BCUT2D eigenvalue weighted by molar-refractivity contribution is 7.11. The van der Waals surface area contributed by atoms with E-state index in [0.717, 1.165) is 4.88 Å². The molecule has 3 rings (SSSR count). The van der Waals surface area contributed by atoms with Crippen molar-refractivity contribution in [3.8, 4) is 0 Å². The number of nitrogens with one attached hydrogen (secondary N) is 1. The van der Waals surface area contributed by atoms with Crippen LogP contribution in [0.4, 0.5) is 0 Å². The molecular formula is C20H19NO2S2. The molecule has 0 fully saturated rings. The first-order chi connectivity index (χ1) is 11.8. The van der Waals surface area contributed by atoms with E-state index in [1.807, 2.05) is 47.9 Å². The number of ketones is 1. The molecule has 1 aromatic carbocycles. The smallest absolute Gasteiger partial charge is 0.266 e. The van der Waals surface area contributed by atoms with Crippen LogP contribution in [0.25, 0.3) is 12.2 Å². The number of H-pyrrole nitrogens is 1. The molecule has 0 radical (unpaired) electrons. The molecule has 2 heterocycles. The van der Waals surface area contributed by atoms with Crippen LogP contribution >= 0.6 is 22.7 Å². The maximum absolute atomic E-state index is 12.4. The number of carbonyl (C=O) groups is 1. The second kappa shape index (κ2) is 6.94. The highest BCUT2D eigenvalue weighted by atomic mass is 32.1. The highest BCUT2D eigenvalue weighted by Crippen LogP contribution is 2.22. The quantitative estimate of drug-likeness (QED) is 0.720. The van der Waals surface area contributed by atoms with Crippen molar-refractivity contribution in [1.82, 2.24) is 4.98 Å². The van der Waals surface area contributed by atoms with E-state index in [1.54, 1.807) is 11.3 Å². The van der Waals surface area contributed by atoms with E-state index in [4.69, 9.17) is 0 Å². The number of thiophene rings is 1. The first-order valence-corrected chi connectivity index (χ1v) is 9.63. The molecule has 3 aromatic rings. The minimum atomic E-state index is -0.166. The van der Waals surface area contributed by atoms with Crippen LogP contribution in [0.15, 0.2) is 46.6 Å². The molecule has 2 aromatic heterocycles. The van der Waals surface area contributed by atoms with Crippen molar-refractivity contribution in [1.29, 1.82) is 0 Å². The molecular weight excluding hydrogens is 350 g/mol. The fourth-order valence-corrected chi connectivity index (χ4v) is 3.97. The molecule has 0 saturated heterocycles. The van der Waals surface area contributed by atoms with Crippen LogP contribution in [0.5, 0.6) is 0 Å². The van der Waals surface area contributed by atoms with Crippen molar-refractivity contribution >= 4 is 40.6 Å². The summed E-state index contributed by atoms with van der Waals surface area (Å²) in [5.74, 6) is -0.111. The fraction of sp³-hybridized carbons (Fsp3) is 0.200. The number of thiazole rings is 1. The van der Waals surface area contributed by atoms with E-state index < -0.39 is 0 Å². The van der Waals surface area contributed by atoms with Gasteiger partial charge in [0, 0.05) is 16.5 Å². The van der Waals surface area contributed by atoms with E-state index in [9.17, 15) is 9.59 Å². The lowest BCUT2D eigenvalue weighted by Crippen LogP contribution is -2.19. The first kappa shape index (κ1) is 17.6. The van der Waals surface area contributed by atoms with Gasteiger partial charge in [-0.2, -0.15) is 0 Å². The molecule has 0 saturated carbocycles. The standard InChI is InChI=1S/C20H19NO2S2/c1-20(2,3)14-8-6-13(7-9-14)16(22)12-18-21-19(23)17(25-18)11-15-5-4-10-24-15/h4-12H,1-3H3,(H,21,23)/b17-11+,18-12+. The average molecular weight is 370 g/mol. The third-order valence-corrected chi connectivity index (χ3v) is 5.58. The molecule has 25 heavy (non-hydrogen) atoms. The zero-order valence-electron chi connectivity index (χ0n) is 14.3. The van der Waals surface area contributed by atoms with Crippen molar-refractivity contribution < 1.29 is 4.79 Å². The highest BCUT2D eigenvalue weighted by Gasteiger charge is 2.13. The number of Topliss-reactive ketones (excluding diaryl/α,β-unsaturated/α-hetero) is 1. The van der Waals surface area contributed by atoms with Gasteiger partial charge in [0.05, 0.1) is 9.20 Å². The van der Waals surface area contributed by atoms with Gasteiger partial charge in [0.1, 0.15) is 0 Å². The Morgan fingerprint density at radius 1 is 1.12 bits per heavy atom. The second-order valence-corrected chi connectivity index (χ2v) is 8.84. The topological polar surface area (TPSA) is 49.9 Å². The third-order valence-electron chi connectivity index (χ3n) is 3.79. The Morgan fingerprint density at radius 2 is 1.84 bits per heavy atom. The Hall–Kier alpha value is -2.24. The van der Waals surface area contributed by atoms with Crippen LogP contribution in [0.2, 0.25) is 0 Å². The molecule has 128 valence electrons. The van der Waals surface area contributed by atoms with Crippen molar-refractivity contribution in [2.75, 3.05) is 0 Å². The van der Waals surface area contributed by atoms with Crippen LogP contribution in [0.1, 0.15) is 41.6 Å². The third kappa shape index (κ3) is 4.24. The molecule has 1 N–H and O–H groups in total. The predicted molar refractivity (Wildman–Crippen MR) is 106 cm³/mol. The summed E-state index contributed by atoms with van der Waals surface area (Å²) in [6.45, 7) is 6.41. The maximum Gasteiger partial charge on any atom is 0.266 e. The molecule has 0 spiro atoms. The van der Waals surface area contributed by atoms with Crippen LogP contribution in [-0.2, 0) is 5.41 Å². The Labute approximate surface area is 154 Å². The summed E-state index contributed by atoms with van der Waals surface area (Å²) < 4.78 is 1.17. The maximum atomic E-state index is 12.4. The van der Waals surface area contributed by atoms with Gasteiger partial charge in [-0.25, -0.2) is 0 Å². The zero-order valence-corrected chi connectivity index (χ0v) is 16.0. The minimum absolute atomic E-state index is 0.0524. The summed E-state index contributed by atoms with van der Waals surface area (Å²) in [6, 6.07) is 11.5. The van der Waals surface area contributed by atoms with Gasteiger partial charge in [-0.1, -0.05) is 51.1 Å². The molecule has 0 bridgehead atoms. The average Bonchev–Trinajstić information content (AvgIpc) is 3.17. The van der Waals surface area contributed by atoms with Gasteiger partial charge in [-0.15, -0.1) is 22.7 Å². The lowest BCUT2D eigenvalue weighted by molar-refractivity contribution is 0.106. The Balaban J connectivity index is 1.91. The lowest BCUT2D eigenvalue weighted by atomic mass is 9.86. The first-order valence-electron chi connectivity index (χ1n) is 7.94. The molecule has 0 amide bonds. The van der Waals surface area contributed by atoms with E-state index >= 15 is 0 Å². The van der Waals surface area contributed by atoms with E-state index in [2.05, 4.69) is 25.8 Å². The number of rotatable bonds is 3. The van der Waals surface area contributed by atoms with Crippen molar-refractivity contribution in [3.63, 3.8) is 0 Å². The zero-order chi connectivity index (χ0) is 18.0. The Kier molecular flexibility index (Phi) is 4.88. The van der Waals surface area contributed by atoms with Crippen LogP contribution in [0.3, 0.4) is 0 Å². The lowest BCUT2D eigenvalue weighted by Gasteiger charge is -2.18. The number of carbonyl (C=O) groups excluding carboxylic acids is 1. The molecule has 3 nitrogen and oxygen atoms in total. The van der Waals surface area contributed by atoms with Crippen LogP contribution in [-0.4, -0.2) is 10.8 Å². The largest absolute Gasteiger partial charge is 0.313 e. The summed E-state index contributed by atoms with van der Waals surface area (Å²) in [4.78, 5) is 28.2. The molecule has 0 aliphatic carbocycles. The van der Waals surface area contributed by atoms with Gasteiger partial charge in [0.2, 0.25) is 0 Å². The van der Waals surface area contributed by atoms with E-state index in [-0.39, 0.29) is 16.8 Å². The summed E-state index contributed by atoms with van der Waals surface area (Å²) in [5, 5.41) is 1.96. The summed E-state index contributed by atoms with van der Waals surface area (Å²) in [6.07, 6.45) is 3.33. The van der Waals surface area contributed by atoms with Gasteiger partial charge in [0.15, 0.2) is 5.78 Å². The number of benzene rings is 1. The van der Waals surface area contributed by atoms with E-state index in [0.29, 0.717) is 14.8 Å². The van der Waals surface area contributed by atoms with Crippen molar-refractivity contribution in [3.05, 3.63) is 77.3 Å². The SMILES string of the molecule is CC(C)(C)c1ccc(C(=O)/C=c2\[nH]c(=O)/c(=C\c3cccs3)s2)cc1. The number of hydrogen-bond acceptors (Lipinski definition) is 4. The normalized spacial score (nSPS) is 13.4. The van der Waals surface area contributed by atoms with Crippen molar-refractivity contribution in [2.45, 2.75) is 26.2 Å². The fourth-order valence-electron chi connectivity index (χ4n) is 2.36. The van der Waals surface area contributed by atoms with Crippen LogP contribution < -0.4 is 14.8 Å². The van der Waals surface area contributed by atoms with Gasteiger partial charge in [-0.3, -0.25) is 9.59 Å². The Bertz CT molecular complexity index is 1050.